The largest absolute Gasteiger partial charge is 0.369 e. The summed E-state index contributed by atoms with van der Waals surface area (Å²) in [6, 6.07) is 6.41. The van der Waals surface area contributed by atoms with E-state index in [-0.39, 0.29) is 5.82 Å². The molecule has 0 radical (unpaired) electrons. The maximum Gasteiger partial charge on any atom is 0.161 e. The molecule has 3 nitrogen and oxygen atoms in total. The molecule has 0 aliphatic heterocycles. The number of benzene rings is 1. The second-order valence-corrected chi connectivity index (χ2v) is 5.70. The van der Waals surface area contributed by atoms with Gasteiger partial charge in [-0.3, -0.25) is 0 Å². The zero-order chi connectivity index (χ0) is 14.1. The number of rotatable bonds is 4. The van der Waals surface area contributed by atoms with Gasteiger partial charge in [0.2, 0.25) is 0 Å². The summed E-state index contributed by atoms with van der Waals surface area (Å²) in [6.07, 6.45) is 2.31. The number of nitrogens with zero attached hydrogens (tertiary/aromatic N) is 2. The fraction of sp³-hybridized carbons (Fsp3) is 0.333. The highest BCUT2D eigenvalue weighted by Crippen LogP contribution is 2.44. The summed E-state index contributed by atoms with van der Waals surface area (Å²) in [4.78, 5) is 9.13. The van der Waals surface area contributed by atoms with Crippen molar-refractivity contribution in [3.05, 3.63) is 40.2 Å². The molecule has 0 bridgehead atoms. The van der Waals surface area contributed by atoms with Crippen LogP contribution in [-0.2, 0) is 0 Å². The number of nitrogens with one attached hydrogen (secondary N) is 1. The van der Waals surface area contributed by atoms with Crippen LogP contribution in [0.5, 0.6) is 0 Å². The lowest BCUT2D eigenvalue weighted by Gasteiger charge is -2.12. The molecule has 3 rings (SSSR count). The summed E-state index contributed by atoms with van der Waals surface area (Å²) in [7, 11) is 0. The molecule has 1 N–H and O–H groups in total. The highest BCUT2D eigenvalue weighted by molar-refractivity contribution is 9.10. The smallest absolute Gasteiger partial charge is 0.161 e. The molecule has 104 valence electrons. The minimum atomic E-state index is -0.271. The predicted octanol–water partition coefficient (Wildman–Crippen LogP) is 4.35. The lowest BCUT2D eigenvalue weighted by molar-refractivity contribution is 0.628. The number of hydrogen-bond acceptors (Lipinski definition) is 3. The maximum atomic E-state index is 13.4. The van der Waals surface area contributed by atoms with Gasteiger partial charge in [-0.15, -0.1) is 0 Å². The Kier molecular flexibility index (Phi) is 3.70. The van der Waals surface area contributed by atoms with Crippen LogP contribution in [0.4, 0.5) is 10.2 Å². The zero-order valence-electron chi connectivity index (χ0n) is 11.2. The van der Waals surface area contributed by atoms with Crippen molar-refractivity contribution in [2.24, 2.45) is 0 Å². The van der Waals surface area contributed by atoms with Crippen molar-refractivity contribution in [2.45, 2.75) is 25.7 Å². The summed E-state index contributed by atoms with van der Waals surface area (Å²) in [6.45, 7) is 2.80. The topological polar surface area (TPSA) is 37.8 Å². The highest BCUT2D eigenvalue weighted by Gasteiger charge is 2.29. The van der Waals surface area contributed by atoms with Crippen molar-refractivity contribution in [3.63, 3.8) is 0 Å². The van der Waals surface area contributed by atoms with E-state index in [1.807, 2.05) is 13.0 Å². The molecule has 5 heteroatoms. The van der Waals surface area contributed by atoms with Gasteiger partial charge in [0.05, 0.1) is 10.2 Å². The van der Waals surface area contributed by atoms with Gasteiger partial charge in [-0.05, 0) is 47.8 Å². The Bertz CT molecular complexity index is 641. The second kappa shape index (κ2) is 5.48. The van der Waals surface area contributed by atoms with Crippen LogP contribution in [-0.4, -0.2) is 16.5 Å². The van der Waals surface area contributed by atoms with E-state index in [9.17, 15) is 4.39 Å². The van der Waals surface area contributed by atoms with Crippen LogP contribution in [0.15, 0.2) is 28.7 Å². The minimum Gasteiger partial charge on any atom is -0.369 e. The van der Waals surface area contributed by atoms with Crippen LogP contribution in [0, 0.1) is 5.82 Å². The molecule has 0 amide bonds. The average Bonchev–Trinajstić information content (AvgIpc) is 3.26. The molecule has 1 saturated carbocycles. The van der Waals surface area contributed by atoms with Gasteiger partial charge in [-0.2, -0.15) is 0 Å². The Balaban J connectivity index is 2.10. The van der Waals surface area contributed by atoms with E-state index in [0.717, 1.165) is 35.4 Å². The SMILES string of the molecule is CCNc1nc(-c2cccc(F)c2)nc(C2CC2)c1Br. The van der Waals surface area contributed by atoms with E-state index >= 15 is 0 Å². The number of halogens is 2. The van der Waals surface area contributed by atoms with Crippen molar-refractivity contribution in [1.82, 2.24) is 9.97 Å². The van der Waals surface area contributed by atoms with Crippen molar-refractivity contribution in [2.75, 3.05) is 11.9 Å². The summed E-state index contributed by atoms with van der Waals surface area (Å²) < 4.78 is 14.3. The van der Waals surface area contributed by atoms with Gasteiger partial charge < -0.3 is 5.32 Å². The van der Waals surface area contributed by atoms with Gasteiger partial charge in [-0.25, -0.2) is 14.4 Å². The minimum absolute atomic E-state index is 0.271. The van der Waals surface area contributed by atoms with Crippen molar-refractivity contribution in [3.8, 4) is 11.4 Å². The number of anilines is 1. The average molecular weight is 336 g/mol. The Morgan fingerprint density at radius 1 is 1.35 bits per heavy atom. The standard InChI is InChI=1S/C15H15BrFN3/c1-2-18-15-12(16)13(9-6-7-9)19-14(20-15)10-4-3-5-11(17)8-10/h3-5,8-9H,2,6-7H2,1H3,(H,18,19,20). The lowest BCUT2D eigenvalue weighted by atomic mass is 10.2. The van der Waals surface area contributed by atoms with Gasteiger partial charge in [0.15, 0.2) is 5.82 Å². The van der Waals surface area contributed by atoms with Crippen LogP contribution in [0.25, 0.3) is 11.4 Å². The van der Waals surface area contributed by atoms with Gasteiger partial charge in [0.25, 0.3) is 0 Å². The summed E-state index contributed by atoms with van der Waals surface area (Å²) >= 11 is 3.58. The van der Waals surface area contributed by atoms with Crippen LogP contribution in [0.2, 0.25) is 0 Å². The molecular formula is C15H15BrFN3. The van der Waals surface area contributed by atoms with E-state index in [1.165, 1.54) is 12.1 Å². The fourth-order valence-corrected chi connectivity index (χ4v) is 2.77. The van der Waals surface area contributed by atoms with E-state index in [4.69, 9.17) is 0 Å². The first-order valence-electron chi connectivity index (χ1n) is 6.76. The third-order valence-corrected chi connectivity index (χ3v) is 4.05. The summed E-state index contributed by atoms with van der Waals surface area (Å²) in [5.41, 5.74) is 1.73. The van der Waals surface area contributed by atoms with Gasteiger partial charge in [0, 0.05) is 18.0 Å². The molecule has 1 aliphatic rings. The van der Waals surface area contributed by atoms with Crippen molar-refractivity contribution >= 4 is 21.7 Å². The molecular weight excluding hydrogens is 321 g/mol. The Hall–Kier alpha value is -1.49. The quantitative estimate of drug-likeness (QED) is 0.902. The second-order valence-electron chi connectivity index (χ2n) is 4.91. The molecule has 1 aromatic heterocycles. The van der Waals surface area contributed by atoms with Crippen LogP contribution >= 0.6 is 15.9 Å². The molecule has 0 spiro atoms. The van der Waals surface area contributed by atoms with E-state index < -0.39 is 0 Å². The normalized spacial score (nSPS) is 14.3. The Labute approximate surface area is 125 Å². The Morgan fingerprint density at radius 3 is 2.80 bits per heavy atom. The maximum absolute atomic E-state index is 13.4. The van der Waals surface area contributed by atoms with Crippen LogP contribution < -0.4 is 5.32 Å². The summed E-state index contributed by atoms with van der Waals surface area (Å²) in [5, 5.41) is 3.23. The van der Waals surface area contributed by atoms with Crippen molar-refractivity contribution < 1.29 is 4.39 Å². The zero-order valence-corrected chi connectivity index (χ0v) is 12.7. The first-order valence-corrected chi connectivity index (χ1v) is 7.55. The molecule has 1 heterocycles. The molecule has 2 aromatic rings. The summed E-state index contributed by atoms with van der Waals surface area (Å²) in [5.74, 6) is 1.58. The first-order chi connectivity index (χ1) is 9.69. The van der Waals surface area contributed by atoms with Gasteiger partial charge in [0.1, 0.15) is 11.6 Å². The van der Waals surface area contributed by atoms with Crippen LogP contribution in [0.3, 0.4) is 0 Å². The van der Waals surface area contributed by atoms with E-state index in [0.29, 0.717) is 17.3 Å². The predicted molar refractivity (Wildman–Crippen MR) is 81.3 cm³/mol. The highest BCUT2D eigenvalue weighted by atomic mass is 79.9. The third-order valence-electron chi connectivity index (χ3n) is 3.27. The lowest BCUT2D eigenvalue weighted by Crippen LogP contribution is -2.05. The van der Waals surface area contributed by atoms with Crippen molar-refractivity contribution in [1.29, 1.82) is 0 Å². The molecule has 1 fully saturated rings. The third kappa shape index (κ3) is 2.68. The fourth-order valence-electron chi connectivity index (χ4n) is 2.13. The van der Waals surface area contributed by atoms with E-state index in [1.54, 1.807) is 6.07 Å². The van der Waals surface area contributed by atoms with Gasteiger partial charge >= 0.3 is 0 Å². The number of aromatic nitrogens is 2. The number of hydrogen-bond donors (Lipinski definition) is 1. The van der Waals surface area contributed by atoms with Gasteiger partial charge in [-0.1, -0.05) is 12.1 Å². The van der Waals surface area contributed by atoms with E-state index in [2.05, 4.69) is 31.2 Å². The molecule has 0 unspecified atom stereocenters. The molecule has 0 saturated heterocycles. The molecule has 0 atom stereocenters. The van der Waals surface area contributed by atoms with Crippen LogP contribution in [0.1, 0.15) is 31.4 Å². The first kappa shape index (κ1) is 13.5. The molecule has 1 aromatic carbocycles. The monoisotopic (exact) mass is 335 g/mol. The molecule has 1 aliphatic carbocycles. The molecule has 20 heavy (non-hydrogen) atoms. The Morgan fingerprint density at radius 2 is 2.15 bits per heavy atom.